The van der Waals surface area contributed by atoms with Crippen LogP contribution in [0.4, 0.5) is 0 Å². The lowest BCUT2D eigenvalue weighted by Crippen LogP contribution is -1.96. The van der Waals surface area contributed by atoms with E-state index in [9.17, 15) is 4.79 Å². The number of ether oxygens (including phenoxy) is 1. The molecule has 9 heavy (non-hydrogen) atoms. The van der Waals surface area contributed by atoms with Gasteiger partial charge >= 0.3 is 5.97 Å². The first-order valence-electron chi connectivity index (χ1n) is 2.49. The van der Waals surface area contributed by atoms with Crippen LogP contribution >= 0.6 is 0 Å². The third kappa shape index (κ3) is 7.17. The highest BCUT2D eigenvalue weighted by molar-refractivity contribution is 5.70. The number of esters is 1. The maximum atomic E-state index is 10.3. The van der Waals surface area contributed by atoms with Crippen molar-refractivity contribution in [2.24, 2.45) is 0 Å². The summed E-state index contributed by atoms with van der Waals surface area (Å²) >= 11 is 0. The number of hydrogen-bond donors (Lipinski definition) is 0. The third-order valence-corrected chi connectivity index (χ3v) is 0.748. The largest absolute Gasteiger partial charge is 0.469 e. The molecule has 0 aromatic heterocycles. The molecule has 3 heteroatoms. The van der Waals surface area contributed by atoms with Crippen LogP contribution in [-0.2, 0) is 9.53 Å². The molecule has 0 aromatic rings. The number of hydrogen-bond acceptors (Lipinski definition) is 2. The molecule has 0 aliphatic carbocycles. The van der Waals surface area contributed by atoms with Gasteiger partial charge in [-0.05, 0) is 6.92 Å². The maximum absolute atomic E-state index is 10.3. The topological polar surface area (TPSA) is 57.8 Å². The Balaban J connectivity index is 0. The molecule has 0 rings (SSSR count). The van der Waals surface area contributed by atoms with E-state index in [4.69, 9.17) is 0 Å². The number of methoxy groups -OCH3 is 1. The van der Waals surface area contributed by atoms with E-state index in [2.05, 4.69) is 4.74 Å². The monoisotopic (exact) mass is 132 g/mol. The van der Waals surface area contributed by atoms with Gasteiger partial charge in [0.1, 0.15) is 0 Å². The highest BCUT2D eigenvalue weighted by Crippen LogP contribution is 1.84. The number of rotatable bonds is 2. The summed E-state index contributed by atoms with van der Waals surface area (Å²) in [6.07, 6.45) is 3.95. The Hall–Kier alpha value is -0.830. The summed E-state index contributed by atoms with van der Waals surface area (Å²) in [7, 11) is 1.38. The Morgan fingerprint density at radius 2 is 2.22 bits per heavy atom. The molecule has 2 N–H and O–H groups in total. The second kappa shape index (κ2) is 7.17. The lowest BCUT2D eigenvalue weighted by molar-refractivity contribution is -0.139. The molecule has 0 bridgehead atoms. The zero-order valence-electron chi connectivity index (χ0n) is 5.68. The fourth-order valence-electron chi connectivity index (χ4n) is 0.297. The molecule has 0 saturated carbocycles. The average molecular weight is 132 g/mol. The Kier molecular flexibility index (Phi) is 8.79. The van der Waals surface area contributed by atoms with Crippen LogP contribution in [0.2, 0.25) is 0 Å². The smallest absolute Gasteiger partial charge is 0.309 e. The molecule has 54 valence electrons. The van der Waals surface area contributed by atoms with E-state index in [1.165, 1.54) is 7.11 Å². The van der Waals surface area contributed by atoms with Crippen LogP contribution in [0, 0.1) is 0 Å². The van der Waals surface area contributed by atoms with E-state index in [0.29, 0.717) is 6.42 Å². The quantitative estimate of drug-likeness (QED) is 0.401. The van der Waals surface area contributed by atoms with Gasteiger partial charge in [-0.2, -0.15) is 0 Å². The van der Waals surface area contributed by atoms with Crippen molar-refractivity contribution in [2.45, 2.75) is 13.3 Å². The molecule has 0 aliphatic heterocycles. The van der Waals surface area contributed by atoms with Crippen molar-refractivity contribution in [1.29, 1.82) is 0 Å². The Morgan fingerprint density at radius 1 is 1.67 bits per heavy atom. The summed E-state index contributed by atoms with van der Waals surface area (Å²) in [4.78, 5) is 10.3. The van der Waals surface area contributed by atoms with E-state index in [1.807, 2.05) is 13.0 Å². The Morgan fingerprint density at radius 3 is 2.56 bits per heavy atom. The molecule has 0 aromatic carbocycles. The van der Waals surface area contributed by atoms with Crippen molar-refractivity contribution in [3.63, 3.8) is 0 Å². The first kappa shape index (κ1) is 11.0. The molecule has 0 atom stereocenters. The summed E-state index contributed by atoms with van der Waals surface area (Å²) < 4.78 is 4.36. The fourth-order valence-corrected chi connectivity index (χ4v) is 0.297. The first-order chi connectivity index (χ1) is 3.81. The molecule has 0 unspecified atom stereocenters. The predicted octanol–water partition coefficient (Wildman–Crippen LogP) is 0.301. The molecule has 0 saturated heterocycles. The van der Waals surface area contributed by atoms with Crippen molar-refractivity contribution in [1.82, 2.24) is 0 Å². The molecule has 3 nitrogen and oxygen atoms in total. The van der Waals surface area contributed by atoms with Crippen LogP contribution in [0.1, 0.15) is 13.3 Å². The summed E-state index contributed by atoms with van der Waals surface area (Å²) in [6.45, 7) is 1.86. The number of allylic oxidation sites excluding steroid dienone is 1. The van der Waals surface area contributed by atoms with Crippen LogP contribution in [-0.4, -0.2) is 18.6 Å². The molecule has 0 radical (unpaired) electrons. The van der Waals surface area contributed by atoms with E-state index < -0.39 is 0 Å². The van der Waals surface area contributed by atoms with Gasteiger partial charge in [0.25, 0.3) is 0 Å². The van der Waals surface area contributed by atoms with Gasteiger partial charge in [-0.1, -0.05) is 12.2 Å². The molecule has 0 fully saturated rings. The summed E-state index contributed by atoms with van der Waals surface area (Å²) in [5.74, 6) is -0.192. The second-order valence-corrected chi connectivity index (χ2v) is 1.35. The third-order valence-electron chi connectivity index (χ3n) is 0.748. The minimum absolute atomic E-state index is 0. The summed E-state index contributed by atoms with van der Waals surface area (Å²) in [5, 5.41) is 0. The van der Waals surface area contributed by atoms with E-state index in [-0.39, 0.29) is 11.4 Å². The van der Waals surface area contributed by atoms with Crippen LogP contribution in [0.3, 0.4) is 0 Å². The van der Waals surface area contributed by atoms with Gasteiger partial charge in [-0.15, -0.1) is 0 Å². The van der Waals surface area contributed by atoms with Gasteiger partial charge < -0.3 is 10.2 Å². The lowest BCUT2D eigenvalue weighted by Gasteiger charge is -1.89. The van der Waals surface area contributed by atoms with Crippen LogP contribution < -0.4 is 0 Å². The summed E-state index contributed by atoms with van der Waals surface area (Å²) in [6, 6.07) is 0. The normalized spacial score (nSPS) is 8.67. The van der Waals surface area contributed by atoms with Crippen molar-refractivity contribution in [3.8, 4) is 0 Å². The van der Waals surface area contributed by atoms with E-state index in [1.54, 1.807) is 6.08 Å². The van der Waals surface area contributed by atoms with Gasteiger partial charge in [0.2, 0.25) is 0 Å². The van der Waals surface area contributed by atoms with Crippen molar-refractivity contribution >= 4 is 5.97 Å². The van der Waals surface area contributed by atoms with Gasteiger partial charge in [-0.25, -0.2) is 0 Å². The second-order valence-electron chi connectivity index (χ2n) is 1.35. The van der Waals surface area contributed by atoms with Crippen molar-refractivity contribution in [3.05, 3.63) is 12.2 Å². The van der Waals surface area contributed by atoms with Gasteiger partial charge in [0, 0.05) is 0 Å². The molecule has 0 heterocycles. The maximum Gasteiger partial charge on any atom is 0.309 e. The Bertz CT molecular complexity index is 96.5. The molecule has 0 amide bonds. The van der Waals surface area contributed by atoms with Crippen LogP contribution in [0.15, 0.2) is 12.2 Å². The van der Waals surface area contributed by atoms with Gasteiger partial charge in [0.05, 0.1) is 13.5 Å². The highest BCUT2D eigenvalue weighted by atomic mass is 16.5. The first-order valence-corrected chi connectivity index (χ1v) is 2.49. The van der Waals surface area contributed by atoms with Crippen LogP contribution in [0.25, 0.3) is 0 Å². The number of carbonyl (C=O) groups is 1. The molecular formula is C6H12O3. The minimum atomic E-state index is -0.192. The SMILES string of the molecule is C/C=C/CC(=O)OC.O. The number of carbonyl (C=O) groups excluding carboxylic acids is 1. The van der Waals surface area contributed by atoms with E-state index >= 15 is 0 Å². The Labute approximate surface area is 54.6 Å². The predicted molar refractivity (Wildman–Crippen MR) is 35.1 cm³/mol. The van der Waals surface area contributed by atoms with Crippen molar-refractivity contribution < 1.29 is 15.0 Å². The fraction of sp³-hybridized carbons (Fsp3) is 0.500. The summed E-state index contributed by atoms with van der Waals surface area (Å²) in [5.41, 5.74) is 0. The zero-order valence-corrected chi connectivity index (χ0v) is 5.68. The van der Waals surface area contributed by atoms with Crippen molar-refractivity contribution in [2.75, 3.05) is 7.11 Å². The zero-order chi connectivity index (χ0) is 6.41. The van der Waals surface area contributed by atoms with Crippen LogP contribution in [0.5, 0.6) is 0 Å². The van der Waals surface area contributed by atoms with Gasteiger partial charge in [0.15, 0.2) is 0 Å². The van der Waals surface area contributed by atoms with Gasteiger partial charge in [-0.3, -0.25) is 4.79 Å². The van der Waals surface area contributed by atoms with E-state index in [0.717, 1.165) is 0 Å². The highest BCUT2D eigenvalue weighted by Gasteiger charge is 1.91. The minimum Gasteiger partial charge on any atom is -0.469 e. The lowest BCUT2D eigenvalue weighted by atomic mass is 10.4. The standard InChI is InChI=1S/C6H10O2.H2O/c1-3-4-5-6(7)8-2;/h3-4H,5H2,1-2H3;1H2/b4-3+;. The molecule has 0 spiro atoms. The molecule has 0 aliphatic rings. The molecular weight excluding hydrogens is 120 g/mol. The average Bonchev–Trinajstić information content (AvgIpc) is 1.83.